The zero-order valence-electron chi connectivity index (χ0n) is 12.1. The third-order valence-electron chi connectivity index (χ3n) is 2.84. The predicted molar refractivity (Wildman–Crippen MR) is 66.4 cm³/mol. The molecule has 23 heavy (non-hydrogen) atoms. The summed E-state index contributed by atoms with van der Waals surface area (Å²) in [5, 5.41) is 3.57. The number of nitrogens with zero attached hydrogens (tertiary/aromatic N) is 1. The lowest BCUT2D eigenvalue weighted by Gasteiger charge is -2.12. The highest BCUT2D eigenvalue weighted by Crippen LogP contribution is 2.30. The fraction of sp³-hybridized carbons (Fsp3) is 0.286. The van der Waals surface area contributed by atoms with Gasteiger partial charge in [-0.1, -0.05) is 25.9 Å². The van der Waals surface area contributed by atoms with Crippen LogP contribution in [0.3, 0.4) is 0 Å². The number of hydrogen-bond donors (Lipinski definition) is 0. The summed E-state index contributed by atoms with van der Waals surface area (Å²) < 4.78 is 74.7. The van der Waals surface area contributed by atoms with Crippen LogP contribution in [0.2, 0.25) is 0 Å². The molecule has 1 aromatic heterocycles. The lowest BCUT2D eigenvalue weighted by molar-refractivity contribution is 0.0672. The van der Waals surface area contributed by atoms with E-state index in [1.807, 2.05) is 0 Å². The van der Waals surface area contributed by atoms with Crippen LogP contribution in [0.5, 0.6) is 5.75 Å². The Hall–Kier alpha value is -2.45. The molecule has 0 unspecified atom stereocenters. The first kappa shape index (κ1) is 16.9. The van der Waals surface area contributed by atoms with Gasteiger partial charge in [-0.2, -0.15) is 8.78 Å². The summed E-state index contributed by atoms with van der Waals surface area (Å²) in [7, 11) is 0. The van der Waals surface area contributed by atoms with E-state index in [9.17, 15) is 26.7 Å². The molecular weight excluding hydrogens is 325 g/mol. The van der Waals surface area contributed by atoms with Crippen LogP contribution in [0.4, 0.5) is 22.0 Å². The van der Waals surface area contributed by atoms with Gasteiger partial charge in [0.25, 0.3) is 0 Å². The van der Waals surface area contributed by atoms with Crippen LogP contribution < -0.4 is 4.74 Å². The van der Waals surface area contributed by atoms with E-state index in [0.29, 0.717) is 5.69 Å². The summed E-state index contributed by atoms with van der Waals surface area (Å²) in [5.74, 6) is -15.0. The minimum atomic E-state index is -2.35. The average Bonchev–Trinajstić information content (AvgIpc) is 2.97. The van der Waals surface area contributed by atoms with Crippen molar-refractivity contribution in [2.24, 2.45) is 0 Å². The van der Waals surface area contributed by atoms with Gasteiger partial charge in [-0.15, -0.1) is 0 Å². The van der Waals surface area contributed by atoms with Gasteiger partial charge in [-0.25, -0.2) is 18.0 Å². The summed E-state index contributed by atoms with van der Waals surface area (Å²) in [4.78, 5) is 11.7. The molecule has 0 saturated carbocycles. The van der Waals surface area contributed by atoms with Gasteiger partial charge >= 0.3 is 5.97 Å². The lowest BCUT2D eigenvalue weighted by atomic mass is 9.92. The van der Waals surface area contributed by atoms with Crippen molar-refractivity contribution in [3.8, 4) is 5.75 Å². The van der Waals surface area contributed by atoms with E-state index in [0.717, 1.165) is 6.07 Å². The van der Waals surface area contributed by atoms with E-state index >= 15 is 0 Å². The first-order valence-electron chi connectivity index (χ1n) is 6.24. The largest absolute Gasteiger partial charge is 0.414 e. The van der Waals surface area contributed by atoms with E-state index in [1.165, 1.54) is 0 Å². The molecule has 0 aliphatic heterocycles. The SMILES string of the molecule is CC(C)(C)c1cc(C(=O)Oc2c(F)c(F)c(F)c(F)c2F)on1. The van der Waals surface area contributed by atoms with Crippen molar-refractivity contribution in [3.05, 3.63) is 46.6 Å². The molecule has 4 nitrogen and oxygen atoms in total. The van der Waals surface area contributed by atoms with E-state index in [2.05, 4.69) is 14.4 Å². The van der Waals surface area contributed by atoms with Crippen LogP contribution in [0.1, 0.15) is 37.0 Å². The molecule has 0 amide bonds. The molecule has 2 aromatic rings. The standard InChI is InChI=1S/C14H10F5NO3/c1-14(2,3)6-4-5(23-20-6)13(21)22-12-10(18)8(16)7(15)9(17)11(12)19/h4H,1-3H3. The van der Waals surface area contributed by atoms with Gasteiger partial charge in [-0.05, 0) is 0 Å². The summed E-state index contributed by atoms with van der Waals surface area (Å²) in [6.45, 7) is 5.26. The van der Waals surface area contributed by atoms with Crippen molar-refractivity contribution < 1.29 is 36.0 Å². The van der Waals surface area contributed by atoms with Crippen LogP contribution in [0.25, 0.3) is 0 Å². The molecule has 0 fully saturated rings. The number of esters is 1. The normalized spacial score (nSPS) is 11.7. The Bertz CT molecular complexity index is 750. The van der Waals surface area contributed by atoms with Crippen LogP contribution in [-0.2, 0) is 5.41 Å². The zero-order chi connectivity index (χ0) is 17.5. The fourth-order valence-electron chi connectivity index (χ4n) is 1.54. The average molecular weight is 335 g/mol. The monoisotopic (exact) mass is 335 g/mol. The Balaban J connectivity index is 2.37. The molecule has 1 aromatic carbocycles. The summed E-state index contributed by atoms with van der Waals surface area (Å²) in [6.07, 6.45) is 0. The number of aromatic nitrogens is 1. The molecule has 0 aliphatic rings. The summed E-state index contributed by atoms with van der Waals surface area (Å²) in [5.41, 5.74) is -0.158. The van der Waals surface area contributed by atoms with Crippen molar-refractivity contribution in [3.63, 3.8) is 0 Å². The molecule has 1 heterocycles. The Kier molecular flexibility index (Phi) is 4.14. The maximum atomic E-state index is 13.4. The van der Waals surface area contributed by atoms with Crippen molar-refractivity contribution in [2.45, 2.75) is 26.2 Å². The molecule has 9 heteroatoms. The van der Waals surface area contributed by atoms with Gasteiger partial charge in [0, 0.05) is 11.5 Å². The molecular formula is C14H10F5NO3. The van der Waals surface area contributed by atoms with Crippen molar-refractivity contribution in [1.82, 2.24) is 5.16 Å². The number of benzene rings is 1. The van der Waals surface area contributed by atoms with Crippen LogP contribution in [0, 0.1) is 29.1 Å². The van der Waals surface area contributed by atoms with Gasteiger partial charge in [0.15, 0.2) is 0 Å². The molecule has 0 aliphatic carbocycles. The van der Waals surface area contributed by atoms with Crippen molar-refractivity contribution >= 4 is 5.97 Å². The highest BCUT2D eigenvalue weighted by molar-refractivity contribution is 5.88. The number of ether oxygens (including phenoxy) is 1. The molecule has 0 atom stereocenters. The Labute approximate surface area is 126 Å². The second-order valence-electron chi connectivity index (χ2n) is 5.61. The first-order chi connectivity index (χ1) is 10.5. The number of hydrogen-bond acceptors (Lipinski definition) is 4. The highest BCUT2D eigenvalue weighted by atomic mass is 19.2. The quantitative estimate of drug-likeness (QED) is 0.275. The second-order valence-corrected chi connectivity index (χ2v) is 5.61. The molecule has 124 valence electrons. The van der Waals surface area contributed by atoms with E-state index in [1.54, 1.807) is 20.8 Å². The third-order valence-corrected chi connectivity index (χ3v) is 2.84. The minimum absolute atomic E-state index is 0.335. The molecule has 0 bridgehead atoms. The summed E-state index contributed by atoms with van der Waals surface area (Å²) >= 11 is 0. The van der Waals surface area contributed by atoms with Gasteiger partial charge < -0.3 is 9.26 Å². The Morgan fingerprint density at radius 3 is 1.91 bits per heavy atom. The predicted octanol–water partition coefficient (Wildman–Crippen LogP) is 3.89. The highest BCUT2D eigenvalue weighted by Gasteiger charge is 2.30. The van der Waals surface area contributed by atoms with Crippen LogP contribution in [-0.4, -0.2) is 11.1 Å². The Morgan fingerprint density at radius 2 is 1.48 bits per heavy atom. The molecule has 0 saturated heterocycles. The van der Waals surface area contributed by atoms with Gasteiger partial charge in [0.05, 0.1) is 5.69 Å². The number of rotatable bonds is 2. The maximum absolute atomic E-state index is 13.4. The maximum Gasteiger partial charge on any atom is 0.382 e. The van der Waals surface area contributed by atoms with E-state index in [-0.39, 0.29) is 0 Å². The number of halogens is 5. The van der Waals surface area contributed by atoms with Crippen LogP contribution >= 0.6 is 0 Å². The molecule has 0 spiro atoms. The number of carbonyl (C=O) groups excluding carboxylic acids is 1. The van der Waals surface area contributed by atoms with Crippen molar-refractivity contribution in [2.75, 3.05) is 0 Å². The van der Waals surface area contributed by atoms with Crippen molar-refractivity contribution in [1.29, 1.82) is 0 Å². The molecule has 2 rings (SSSR count). The van der Waals surface area contributed by atoms with Gasteiger partial charge in [0.1, 0.15) is 0 Å². The van der Waals surface area contributed by atoms with Crippen LogP contribution in [0.15, 0.2) is 10.6 Å². The fourth-order valence-corrected chi connectivity index (χ4v) is 1.54. The summed E-state index contributed by atoms with van der Waals surface area (Å²) in [6, 6.07) is 1.15. The molecule has 0 radical (unpaired) electrons. The topological polar surface area (TPSA) is 52.3 Å². The minimum Gasteiger partial charge on any atom is -0.414 e. The van der Waals surface area contributed by atoms with E-state index < -0.39 is 52.0 Å². The first-order valence-corrected chi connectivity index (χ1v) is 6.24. The smallest absolute Gasteiger partial charge is 0.382 e. The third kappa shape index (κ3) is 3.03. The lowest BCUT2D eigenvalue weighted by Crippen LogP contribution is -2.14. The van der Waals surface area contributed by atoms with Gasteiger partial charge in [-0.3, -0.25) is 0 Å². The number of carbonyl (C=O) groups is 1. The second kappa shape index (κ2) is 5.64. The zero-order valence-corrected chi connectivity index (χ0v) is 12.1. The van der Waals surface area contributed by atoms with Gasteiger partial charge in [0.2, 0.25) is 40.6 Å². The molecule has 0 N–H and O–H groups in total. The Morgan fingerprint density at radius 1 is 1.00 bits per heavy atom. The van der Waals surface area contributed by atoms with E-state index in [4.69, 9.17) is 0 Å².